The van der Waals surface area contributed by atoms with Crippen LogP contribution in [0.2, 0.25) is 0 Å². The molecule has 0 radical (unpaired) electrons. The van der Waals surface area contributed by atoms with E-state index in [1.807, 2.05) is 24.3 Å². The third kappa shape index (κ3) is 2.25. The number of Topliss-reactive ketones (excluding diaryl/α,β-unsaturated/α-hetero) is 1. The summed E-state index contributed by atoms with van der Waals surface area (Å²) in [4.78, 5) is 11.5. The Balaban J connectivity index is 2.29. The molecule has 1 fully saturated rings. The molecular weight excluding hydrogens is 188 g/mol. The van der Waals surface area contributed by atoms with Crippen molar-refractivity contribution in [1.29, 1.82) is 0 Å². The van der Waals surface area contributed by atoms with Gasteiger partial charge in [-0.3, -0.25) is 4.79 Å². The molecule has 1 aliphatic heterocycles. The second-order valence-electron chi connectivity index (χ2n) is 3.85. The van der Waals surface area contributed by atoms with Crippen LogP contribution in [-0.4, -0.2) is 25.4 Å². The first-order valence-corrected chi connectivity index (χ1v) is 5.33. The van der Waals surface area contributed by atoms with Gasteiger partial charge in [0.25, 0.3) is 0 Å². The molecule has 3 nitrogen and oxygen atoms in total. The fourth-order valence-electron chi connectivity index (χ4n) is 1.99. The average molecular weight is 204 g/mol. The number of benzene rings is 1. The Morgan fingerprint density at radius 3 is 2.80 bits per heavy atom. The van der Waals surface area contributed by atoms with Crippen molar-refractivity contribution in [2.45, 2.75) is 13.0 Å². The highest BCUT2D eigenvalue weighted by molar-refractivity contribution is 5.95. The molecule has 1 heterocycles. The molecule has 1 aliphatic rings. The van der Waals surface area contributed by atoms with E-state index >= 15 is 0 Å². The first-order valence-electron chi connectivity index (χ1n) is 5.33. The van der Waals surface area contributed by atoms with Crippen LogP contribution >= 0.6 is 0 Å². The summed E-state index contributed by atoms with van der Waals surface area (Å²) in [6.45, 7) is 4.47. The Hall–Kier alpha value is -1.19. The van der Waals surface area contributed by atoms with Crippen LogP contribution in [0.4, 0.5) is 0 Å². The van der Waals surface area contributed by atoms with E-state index in [0.717, 1.165) is 30.8 Å². The van der Waals surface area contributed by atoms with E-state index in [2.05, 4.69) is 10.6 Å². The van der Waals surface area contributed by atoms with E-state index in [1.165, 1.54) is 0 Å². The molecule has 0 aromatic heterocycles. The lowest BCUT2D eigenvalue weighted by Crippen LogP contribution is -2.43. The van der Waals surface area contributed by atoms with Crippen molar-refractivity contribution in [2.24, 2.45) is 0 Å². The SMILES string of the molecule is CC(=O)c1ccccc1C1CNCCN1. The summed E-state index contributed by atoms with van der Waals surface area (Å²) in [6.07, 6.45) is 0. The maximum absolute atomic E-state index is 11.5. The molecule has 1 aromatic rings. The Bertz CT molecular complexity index is 356. The molecule has 0 spiro atoms. The summed E-state index contributed by atoms with van der Waals surface area (Å²) in [7, 11) is 0. The molecule has 1 unspecified atom stereocenters. The molecule has 1 atom stereocenters. The van der Waals surface area contributed by atoms with Crippen molar-refractivity contribution < 1.29 is 4.79 Å². The maximum Gasteiger partial charge on any atom is 0.160 e. The first-order chi connectivity index (χ1) is 7.29. The van der Waals surface area contributed by atoms with Gasteiger partial charge in [0.05, 0.1) is 0 Å². The third-order valence-corrected chi connectivity index (χ3v) is 2.76. The van der Waals surface area contributed by atoms with Crippen LogP contribution in [0.1, 0.15) is 28.9 Å². The lowest BCUT2D eigenvalue weighted by atomic mass is 9.97. The summed E-state index contributed by atoms with van der Waals surface area (Å²) in [6, 6.07) is 8.09. The maximum atomic E-state index is 11.5. The summed E-state index contributed by atoms with van der Waals surface area (Å²) >= 11 is 0. The van der Waals surface area contributed by atoms with Gasteiger partial charge in [0.1, 0.15) is 0 Å². The van der Waals surface area contributed by atoms with Crippen LogP contribution in [0.15, 0.2) is 24.3 Å². The van der Waals surface area contributed by atoms with Crippen molar-refractivity contribution in [3.63, 3.8) is 0 Å². The monoisotopic (exact) mass is 204 g/mol. The molecule has 1 saturated heterocycles. The largest absolute Gasteiger partial charge is 0.314 e. The topological polar surface area (TPSA) is 41.1 Å². The number of carbonyl (C=O) groups excluding carboxylic acids is 1. The van der Waals surface area contributed by atoms with Crippen LogP contribution in [0.25, 0.3) is 0 Å². The van der Waals surface area contributed by atoms with E-state index in [0.29, 0.717) is 0 Å². The Morgan fingerprint density at radius 1 is 1.33 bits per heavy atom. The minimum absolute atomic E-state index is 0.137. The minimum Gasteiger partial charge on any atom is -0.314 e. The van der Waals surface area contributed by atoms with Gasteiger partial charge >= 0.3 is 0 Å². The Kier molecular flexibility index (Phi) is 3.14. The van der Waals surface area contributed by atoms with Crippen LogP contribution in [0, 0.1) is 0 Å². The molecule has 2 rings (SSSR count). The molecular formula is C12H16N2O. The molecule has 2 N–H and O–H groups in total. The first kappa shape index (κ1) is 10.3. The van der Waals surface area contributed by atoms with Crippen molar-refractivity contribution in [3.05, 3.63) is 35.4 Å². The molecule has 0 aliphatic carbocycles. The summed E-state index contributed by atoms with van der Waals surface area (Å²) < 4.78 is 0. The van der Waals surface area contributed by atoms with Crippen molar-refractivity contribution in [2.75, 3.05) is 19.6 Å². The second kappa shape index (κ2) is 4.55. The lowest BCUT2D eigenvalue weighted by Gasteiger charge is -2.26. The molecule has 0 saturated carbocycles. The van der Waals surface area contributed by atoms with Gasteiger partial charge in [-0.1, -0.05) is 24.3 Å². The molecule has 0 bridgehead atoms. The van der Waals surface area contributed by atoms with Gasteiger partial charge in [-0.2, -0.15) is 0 Å². The van der Waals surface area contributed by atoms with Gasteiger partial charge in [-0.15, -0.1) is 0 Å². The predicted octanol–water partition coefficient (Wildman–Crippen LogP) is 1.12. The summed E-state index contributed by atoms with van der Waals surface area (Å²) in [5, 5.41) is 6.74. The van der Waals surface area contributed by atoms with Gasteiger partial charge in [0.15, 0.2) is 5.78 Å². The fraction of sp³-hybridized carbons (Fsp3) is 0.417. The molecule has 0 amide bonds. The number of carbonyl (C=O) groups is 1. The van der Waals surface area contributed by atoms with Crippen LogP contribution in [-0.2, 0) is 0 Å². The van der Waals surface area contributed by atoms with Gasteiger partial charge in [-0.05, 0) is 12.5 Å². The summed E-state index contributed by atoms with van der Waals surface area (Å²) in [5.41, 5.74) is 1.94. The zero-order valence-electron chi connectivity index (χ0n) is 8.92. The Labute approximate surface area is 89.9 Å². The van der Waals surface area contributed by atoms with E-state index in [9.17, 15) is 4.79 Å². The number of rotatable bonds is 2. The smallest absolute Gasteiger partial charge is 0.160 e. The lowest BCUT2D eigenvalue weighted by molar-refractivity contribution is 0.101. The third-order valence-electron chi connectivity index (χ3n) is 2.76. The van der Waals surface area contributed by atoms with Crippen LogP contribution in [0.5, 0.6) is 0 Å². The predicted molar refractivity (Wildman–Crippen MR) is 60.1 cm³/mol. The quantitative estimate of drug-likeness (QED) is 0.709. The zero-order valence-corrected chi connectivity index (χ0v) is 8.92. The van der Waals surface area contributed by atoms with Gasteiger partial charge < -0.3 is 10.6 Å². The zero-order chi connectivity index (χ0) is 10.7. The number of hydrogen-bond donors (Lipinski definition) is 2. The average Bonchev–Trinajstić information content (AvgIpc) is 2.30. The highest BCUT2D eigenvalue weighted by Gasteiger charge is 2.18. The van der Waals surface area contributed by atoms with E-state index in [1.54, 1.807) is 6.92 Å². The van der Waals surface area contributed by atoms with Crippen molar-refractivity contribution in [1.82, 2.24) is 10.6 Å². The standard InChI is InChI=1S/C12H16N2O/c1-9(15)10-4-2-3-5-11(10)12-8-13-6-7-14-12/h2-5,12-14H,6-8H2,1H3. The van der Waals surface area contributed by atoms with Crippen LogP contribution < -0.4 is 10.6 Å². The van der Waals surface area contributed by atoms with Gasteiger partial charge in [0.2, 0.25) is 0 Å². The number of nitrogens with one attached hydrogen (secondary N) is 2. The molecule has 3 heteroatoms. The van der Waals surface area contributed by atoms with Crippen LogP contribution in [0.3, 0.4) is 0 Å². The highest BCUT2D eigenvalue weighted by atomic mass is 16.1. The van der Waals surface area contributed by atoms with Gasteiger partial charge in [-0.25, -0.2) is 0 Å². The number of ketones is 1. The fourth-order valence-corrected chi connectivity index (χ4v) is 1.99. The van der Waals surface area contributed by atoms with E-state index in [-0.39, 0.29) is 11.8 Å². The Morgan fingerprint density at radius 2 is 2.13 bits per heavy atom. The van der Waals surface area contributed by atoms with E-state index < -0.39 is 0 Å². The molecule has 15 heavy (non-hydrogen) atoms. The normalized spacial score (nSPS) is 21.3. The van der Waals surface area contributed by atoms with Crippen molar-refractivity contribution in [3.8, 4) is 0 Å². The van der Waals surface area contributed by atoms with Gasteiger partial charge in [0, 0.05) is 31.2 Å². The van der Waals surface area contributed by atoms with E-state index in [4.69, 9.17) is 0 Å². The number of piperazine rings is 1. The molecule has 1 aromatic carbocycles. The minimum atomic E-state index is 0.137. The summed E-state index contributed by atoms with van der Waals surface area (Å²) in [5.74, 6) is 0.137. The second-order valence-corrected chi connectivity index (χ2v) is 3.85. The molecule has 80 valence electrons. The highest BCUT2D eigenvalue weighted by Crippen LogP contribution is 2.19. The number of hydrogen-bond acceptors (Lipinski definition) is 3. The van der Waals surface area contributed by atoms with Crippen molar-refractivity contribution >= 4 is 5.78 Å².